The highest BCUT2D eigenvalue weighted by atomic mass is 32.1. The molecule has 1 aliphatic rings. The predicted molar refractivity (Wildman–Crippen MR) is 89.5 cm³/mol. The molecule has 0 saturated carbocycles. The molecule has 0 bridgehead atoms. The molecule has 0 atom stereocenters. The van der Waals surface area contributed by atoms with E-state index in [0.29, 0.717) is 5.76 Å². The fourth-order valence-electron chi connectivity index (χ4n) is 2.93. The van der Waals surface area contributed by atoms with E-state index < -0.39 is 0 Å². The van der Waals surface area contributed by atoms with Crippen LogP contribution in [0.3, 0.4) is 0 Å². The van der Waals surface area contributed by atoms with Crippen molar-refractivity contribution in [3.63, 3.8) is 0 Å². The lowest BCUT2D eigenvalue weighted by molar-refractivity contribution is 0.428. The summed E-state index contributed by atoms with van der Waals surface area (Å²) in [6, 6.07) is 8.30. The highest BCUT2D eigenvalue weighted by Gasteiger charge is 2.38. The molecule has 0 aliphatic carbocycles. The Balaban J connectivity index is 2.14. The number of aromatic hydroxyl groups is 1. The summed E-state index contributed by atoms with van der Waals surface area (Å²) in [5, 5.41) is 9.97. The molecular weight excluding hydrogens is 296 g/mol. The van der Waals surface area contributed by atoms with Gasteiger partial charge in [0, 0.05) is 31.3 Å². The molecular formula is C17H18N2O2S. The van der Waals surface area contributed by atoms with Gasteiger partial charge in [-0.3, -0.25) is 4.57 Å². The first kappa shape index (κ1) is 14.7. The zero-order valence-electron chi connectivity index (χ0n) is 13.0. The number of rotatable bonds is 1. The average molecular weight is 314 g/mol. The maximum atomic E-state index is 9.97. The van der Waals surface area contributed by atoms with Crippen molar-refractivity contribution in [2.45, 2.75) is 19.3 Å². The van der Waals surface area contributed by atoms with E-state index in [0.717, 1.165) is 5.70 Å². The molecule has 1 aromatic heterocycles. The van der Waals surface area contributed by atoms with Crippen molar-refractivity contribution in [1.82, 2.24) is 4.57 Å². The normalized spacial score (nSPS) is 15.6. The van der Waals surface area contributed by atoms with Gasteiger partial charge in [-0.1, -0.05) is 23.9 Å². The van der Waals surface area contributed by atoms with Gasteiger partial charge in [0.2, 0.25) is 5.88 Å². The molecule has 114 valence electrons. The molecule has 4 nitrogen and oxygen atoms in total. The predicted octanol–water partition coefficient (Wildman–Crippen LogP) is 3.98. The van der Waals surface area contributed by atoms with E-state index in [4.69, 9.17) is 16.6 Å². The van der Waals surface area contributed by atoms with Crippen LogP contribution in [0.2, 0.25) is 0 Å². The number of benzene rings is 1. The first-order chi connectivity index (χ1) is 10.3. The van der Waals surface area contributed by atoms with Crippen molar-refractivity contribution in [3.8, 4) is 5.88 Å². The Kier molecular flexibility index (Phi) is 3.28. The van der Waals surface area contributed by atoms with Crippen LogP contribution in [0.15, 0.2) is 40.1 Å². The van der Waals surface area contributed by atoms with Crippen molar-refractivity contribution in [2.75, 3.05) is 11.9 Å². The quantitative estimate of drug-likeness (QED) is 0.638. The van der Waals surface area contributed by atoms with Crippen molar-refractivity contribution < 1.29 is 9.52 Å². The first-order valence-corrected chi connectivity index (χ1v) is 7.44. The van der Waals surface area contributed by atoms with E-state index in [-0.39, 0.29) is 16.1 Å². The van der Waals surface area contributed by atoms with Crippen LogP contribution in [0.25, 0.3) is 6.08 Å². The minimum atomic E-state index is -0.164. The van der Waals surface area contributed by atoms with E-state index in [1.807, 2.05) is 19.2 Å². The lowest BCUT2D eigenvalue weighted by atomic mass is 9.84. The number of allylic oxidation sites excluding steroid dienone is 1. The molecule has 2 heterocycles. The zero-order valence-corrected chi connectivity index (χ0v) is 13.9. The molecule has 0 fully saturated rings. The zero-order chi connectivity index (χ0) is 16.1. The van der Waals surface area contributed by atoms with Gasteiger partial charge in [0.15, 0.2) is 5.76 Å². The van der Waals surface area contributed by atoms with Gasteiger partial charge in [0.05, 0.1) is 5.70 Å². The Morgan fingerprint density at radius 1 is 1.27 bits per heavy atom. The van der Waals surface area contributed by atoms with E-state index in [1.165, 1.54) is 15.8 Å². The summed E-state index contributed by atoms with van der Waals surface area (Å²) in [7, 11) is 3.68. The SMILES string of the molecule is CN1C(=C=Cc2oc(=S)n(C)c2O)C(C)(C)c2ccccc21. The maximum absolute atomic E-state index is 9.97. The molecule has 1 N–H and O–H groups in total. The van der Waals surface area contributed by atoms with Crippen LogP contribution in [0, 0.1) is 4.84 Å². The standard InChI is InChI=1S/C17H18N2O2S/c1-17(2)11-7-5-6-8-12(11)18(3)14(17)10-9-13-15(20)19(4)16(22)21-13/h5-9,20H,1-4H3. The summed E-state index contributed by atoms with van der Waals surface area (Å²) in [5.41, 5.74) is 6.54. The molecule has 3 rings (SSSR count). The fourth-order valence-corrected chi connectivity index (χ4v) is 3.10. The van der Waals surface area contributed by atoms with Gasteiger partial charge in [-0.25, -0.2) is 0 Å². The number of likely N-dealkylation sites (N-methyl/N-ethyl adjacent to an activating group) is 1. The number of hydrogen-bond donors (Lipinski definition) is 1. The minimum absolute atomic E-state index is 0.00840. The van der Waals surface area contributed by atoms with Crippen LogP contribution < -0.4 is 4.90 Å². The van der Waals surface area contributed by atoms with E-state index in [9.17, 15) is 5.11 Å². The van der Waals surface area contributed by atoms with Gasteiger partial charge < -0.3 is 14.4 Å². The first-order valence-electron chi connectivity index (χ1n) is 7.03. The number of hydrogen-bond acceptors (Lipinski definition) is 4. The average Bonchev–Trinajstić information content (AvgIpc) is 2.84. The van der Waals surface area contributed by atoms with Gasteiger partial charge in [-0.05, 0) is 37.7 Å². The fraction of sp³-hybridized carbons (Fsp3) is 0.294. The Hall–Kier alpha value is -2.23. The molecule has 5 heteroatoms. The van der Waals surface area contributed by atoms with Crippen molar-refractivity contribution in [2.24, 2.45) is 7.05 Å². The minimum Gasteiger partial charge on any atom is -0.492 e. The Morgan fingerprint density at radius 2 is 1.95 bits per heavy atom. The Labute approximate surface area is 134 Å². The van der Waals surface area contributed by atoms with E-state index >= 15 is 0 Å². The van der Waals surface area contributed by atoms with Crippen LogP contribution in [0.5, 0.6) is 5.88 Å². The summed E-state index contributed by atoms with van der Waals surface area (Å²) in [5.74, 6) is 0.328. The molecule has 2 aromatic rings. The summed E-state index contributed by atoms with van der Waals surface area (Å²) >= 11 is 5.01. The molecule has 0 unspecified atom stereocenters. The summed E-state index contributed by atoms with van der Waals surface area (Å²) in [4.78, 5) is 2.35. The monoisotopic (exact) mass is 314 g/mol. The third kappa shape index (κ3) is 2.02. The summed E-state index contributed by atoms with van der Waals surface area (Å²) in [6.45, 7) is 4.32. The van der Waals surface area contributed by atoms with Crippen LogP contribution in [-0.2, 0) is 12.5 Å². The topological polar surface area (TPSA) is 41.5 Å². The molecule has 0 radical (unpaired) electrons. The second-order valence-corrected chi connectivity index (χ2v) is 6.30. The van der Waals surface area contributed by atoms with Crippen LogP contribution in [-0.4, -0.2) is 16.7 Å². The number of anilines is 1. The summed E-state index contributed by atoms with van der Waals surface area (Å²) < 4.78 is 6.79. The third-order valence-electron chi connectivity index (χ3n) is 4.22. The molecule has 22 heavy (non-hydrogen) atoms. The van der Waals surface area contributed by atoms with Crippen molar-refractivity contribution in [1.29, 1.82) is 0 Å². The number of aromatic nitrogens is 1. The van der Waals surface area contributed by atoms with Crippen LogP contribution in [0.1, 0.15) is 25.2 Å². The largest absolute Gasteiger partial charge is 0.492 e. The Morgan fingerprint density at radius 3 is 2.55 bits per heavy atom. The third-order valence-corrected chi connectivity index (χ3v) is 4.57. The van der Waals surface area contributed by atoms with Gasteiger partial charge in [0.1, 0.15) is 0 Å². The number of nitrogens with zero attached hydrogens (tertiary/aromatic N) is 2. The Bertz CT molecular complexity index is 867. The van der Waals surface area contributed by atoms with Gasteiger partial charge in [0.25, 0.3) is 4.84 Å². The van der Waals surface area contributed by atoms with Gasteiger partial charge in [-0.2, -0.15) is 0 Å². The molecule has 1 aliphatic heterocycles. The van der Waals surface area contributed by atoms with Crippen molar-refractivity contribution >= 4 is 24.0 Å². The highest BCUT2D eigenvalue weighted by Crippen LogP contribution is 2.46. The molecule has 1 aromatic carbocycles. The number of oxazole rings is 1. The van der Waals surface area contributed by atoms with E-state index in [1.54, 1.807) is 13.1 Å². The molecule has 0 amide bonds. The van der Waals surface area contributed by atoms with Gasteiger partial charge >= 0.3 is 0 Å². The lowest BCUT2D eigenvalue weighted by Crippen LogP contribution is -2.22. The lowest BCUT2D eigenvalue weighted by Gasteiger charge is -2.21. The van der Waals surface area contributed by atoms with Crippen LogP contribution >= 0.6 is 12.2 Å². The van der Waals surface area contributed by atoms with Crippen molar-refractivity contribution in [3.05, 3.63) is 51.9 Å². The highest BCUT2D eigenvalue weighted by molar-refractivity contribution is 7.71. The number of fused-ring (bicyclic) bond motifs is 1. The molecule has 0 saturated heterocycles. The molecule has 0 spiro atoms. The second-order valence-electron chi connectivity index (χ2n) is 5.95. The van der Waals surface area contributed by atoms with Crippen LogP contribution in [0.4, 0.5) is 5.69 Å². The second kappa shape index (κ2) is 4.90. The number of para-hydroxylation sites is 1. The van der Waals surface area contributed by atoms with Gasteiger partial charge in [-0.15, -0.1) is 0 Å². The summed E-state index contributed by atoms with van der Waals surface area (Å²) in [6.07, 6.45) is 1.64. The van der Waals surface area contributed by atoms with E-state index in [2.05, 4.69) is 36.6 Å². The smallest absolute Gasteiger partial charge is 0.271 e. The maximum Gasteiger partial charge on any atom is 0.271 e.